The maximum atomic E-state index is 6.12. The van der Waals surface area contributed by atoms with Crippen molar-refractivity contribution in [2.45, 2.75) is 10.9 Å². The Morgan fingerprint density at radius 3 is 2.54 bits per heavy atom. The predicted octanol–water partition coefficient (Wildman–Crippen LogP) is 4.26. The van der Waals surface area contributed by atoms with Gasteiger partial charge in [0.2, 0.25) is 11.0 Å². The molecule has 0 atom stereocenters. The quantitative estimate of drug-likeness (QED) is 0.409. The molecule has 2 aromatic carbocycles. The molecule has 8 heteroatoms. The van der Waals surface area contributed by atoms with E-state index in [0.717, 1.165) is 16.9 Å². The van der Waals surface area contributed by atoms with Gasteiger partial charge >= 0.3 is 0 Å². The Bertz CT molecular complexity index is 1010. The second-order valence-corrected chi connectivity index (χ2v) is 6.83. The molecule has 0 bridgehead atoms. The highest BCUT2D eigenvalue weighted by Gasteiger charge is 2.14. The molecule has 0 aliphatic heterocycles. The summed E-state index contributed by atoms with van der Waals surface area (Å²) in [5, 5.41) is 9.53. The summed E-state index contributed by atoms with van der Waals surface area (Å²) in [4.78, 5) is 4.31. The Morgan fingerprint density at radius 1 is 1.00 bits per heavy atom. The van der Waals surface area contributed by atoms with Crippen molar-refractivity contribution >= 4 is 23.4 Å². The van der Waals surface area contributed by atoms with Crippen molar-refractivity contribution in [3.05, 3.63) is 71.7 Å². The third-order valence-corrected chi connectivity index (χ3v) is 4.88. The van der Waals surface area contributed by atoms with Gasteiger partial charge < -0.3 is 10.3 Å². The summed E-state index contributed by atoms with van der Waals surface area (Å²) in [6.07, 6.45) is 1.72. The lowest BCUT2D eigenvalue weighted by atomic mass is 10.2. The zero-order valence-electron chi connectivity index (χ0n) is 13.5. The maximum Gasteiger partial charge on any atom is 0.210 e. The lowest BCUT2D eigenvalue weighted by Gasteiger charge is -2.03. The monoisotopic (exact) mass is 383 g/mol. The largest absolute Gasteiger partial charge is 0.440 e. The van der Waals surface area contributed by atoms with Crippen LogP contribution in [0.25, 0.3) is 22.7 Å². The van der Waals surface area contributed by atoms with Gasteiger partial charge in [0, 0.05) is 16.1 Å². The minimum atomic E-state index is 0.503. The Kier molecular flexibility index (Phi) is 4.64. The molecule has 0 aliphatic rings. The van der Waals surface area contributed by atoms with E-state index in [1.165, 1.54) is 16.4 Å². The molecule has 0 spiro atoms. The average molecular weight is 384 g/mol. The summed E-state index contributed by atoms with van der Waals surface area (Å²) in [5.74, 6) is 8.53. The molecule has 0 fully saturated rings. The molecule has 0 unspecified atom stereocenters. The number of halogens is 1. The number of rotatable bonds is 5. The van der Waals surface area contributed by atoms with Crippen LogP contribution in [0.2, 0.25) is 5.02 Å². The fraction of sp³-hybridized carbons (Fsp3) is 0.0556. The van der Waals surface area contributed by atoms with E-state index in [4.69, 9.17) is 21.9 Å². The van der Waals surface area contributed by atoms with Gasteiger partial charge in [-0.3, -0.25) is 0 Å². The Labute approximate surface area is 159 Å². The van der Waals surface area contributed by atoms with Crippen LogP contribution in [-0.2, 0) is 5.75 Å². The Morgan fingerprint density at radius 2 is 1.77 bits per heavy atom. The van der Waals surface area contributed by atoms with Gasteiger partial charge in [-0.15, -0.1) is 10.2 Å². The topological polar surface area (TPSA) is 82.8 Å². The van der Waals surface area contributed by atoms with Crippen molar-refractivity contribution in [1.29, 1.82) is 0 Å². The first-order valence-corrected chi connectivity index (χ1v) is 9.16. The standard InChI is InChI=1S/C18H14ClN5OS/c19-14-8-6-13(7-9-14)17-22-23-18(24(17)20)26-11-16-21-10-15(25-16)12-4-2-1-3-5-12/h1-10H,11,20H2. The van der Waals surface area contributed by atoms with Gasteiger partial charge in [0.25, 0.3) is 0 Å². The zero-order chi connectivity index (χ0) is 17.9. The van der Waals surface area contributed by atoms with E-state index in [2.05, 4.69) is 15.2 Å². The minimum absolute atomic E-state index is 0.503. The van der Waals surface area contributed by atoms with Crippen molar-refractivity contribution in [1.82, 2.24) is 19.9 Å². The highest BCUT2D eigenvalue weighted by Crippen LogP contribution is 2.27. The molecule has 130 valence electrons. The van der Waals surface area contributed by atoms with Gasteiger partial charge in [0.15, 0.2) is 11.6 Å². The van der Waals surface area contributed by atoms with Crippen LogP contribution in [-0.4, -0.2) is 19.9 Å². The first-order valence-electron chi connectivity index (χ1n) is 7.80. The molecule has 0 aliphatic carbocycles. The molecule has 2 aromatic heterocycles. The molecular formula is C18H14ClN5OS. The fourth-order valence-electron chi connectivity index (χ4n) is 2.41. The van der Waals surface area contributed by atoms with Crippen LogP contribution >= 0.6 is 23.4 Å². The number of nitrogens with zero attached hydrogens (tertiary/aromatic N) is 4. The SMILES string of the molecule is Nn1c(SCc2ncc(-c3ccccc3)o2)nnc1-c1ccc(Cl)cc1. The van der Waals surface area contributed by atoms with Crippen molar-refractivity contribution < 1.29 is 4.42 Å². The van der Waals surface area contributed by atoms with Gasteiger partial charge in [-0.2, -0.15) is 0 Å². The summed E-state index contributed by atoms with van der Waals surface area (Å²) < 4.78 is 7.24. The lowest BCUT2D eigenvalue weighted by molar-refractivity contribution is 0.529. The molecule has 6 nitrogen and oxygen atoms in total. The zero-order valence-corrected chi connectivity index (χ0v) is 15.1. The van der Waals surface area contributed by atoms with Gasteiger partial charge in [-0.05, 0) is 24.3 Å². The molecule has 0 radical (unpaired) electrons. The molecular weight excluding hydrogens is 370 g/mol. The Balaban J connectivity index is 1.47. The lowest BCUT2D eigenvalue weighted by Crippen LogP contribution is -2.11. The number of benzene rings is 2. The minimum Gasteiger partial charge on any atom is -0.440 e. The number of aromatic nitrogens is 4. The van der Waals surface area contributed by atoms with Gasteiger partial charge in [0.05, 0.1) is 11.9 Å². The summed E-state index contributed by atoms with van der Waals surface area (Å²) in [7, 11) is 0. The molecule has 4 rings (SSSR count). The van der Waals surface area contributed by atoms with E-state index >= 15 is 0 Å². The fourth-order valence-corrected chi connectivity index (χ4v) is 3.25. The van der Waals surface area contributed by atoms with Gasteiger partial charge in [-0.25, -0.2) is 9.66 Å². The molecule has 2 heterocycles. The van der Waals surface area contributed by atoms with Gasteiger partial charge in [0.1, 0.15) is 0 Å². The third-order valence-electron chi connectivity index (χ3n) is 3.70. The molecule has 2 N–H and O–H groups in total. The van der Waals surface area contributed by atoms with E-state index in [0.29, 0.717) is 27.6 Å². The summed E-state index contributed by atoms with van der Waals surface area (Å²) in [6.45, 7) is 0. The van der Waals surface area contributed by atoms with E-state index in [1.807, 2.05) is 42.5 Å². The third kappa shape index (κ3) is 3.44. The second-order valence-electron chi connectivity index (χ2n) is 5.46. The second kappa shape index (κ2) is 7.23. The van der Waals surface area contributed by atoms with Crippen molar-refractivity contribution in [2.24, 2.45) is 0 Å². The van der Waals surface area contributed by atoms with Crippen LogP contribution in [0, 0.1) is 0 Å². The van der Waals surface area contributed by atoms with Crippen LogP contribution in [0.1, 0.15) is 5.89 Å². The number of oxazole rings is 1. The van der Waals surface area contributed by atoms with Crippen LogP contribution in [0.15, 0.2) is 70.4 Å². The first-order chi connectivity index (χ1) is 12.7. The van der Waals surface area contributed by atoms with Crippen molar-refractivity contribution in [3.8, 4) is 22.7 Å². The van der Waals surface area contributed by atoms with Crippen LogP contribution in [0.4, 0.5) is 0 Å². The smallest absolute Gasteiger partial charge is 0.210 e. The van der Waals surface area contributed by atoms with E-state index in [-0.39, 0.29) is 0 Å². The molecule has 4 aromatic rings. The van der Waals surface area contributed by atoms with E-state index < -0.39 is 0 Å². The number of hydrogen-bond donors (Lipinski definition) is 1. The molecule has 26 heavy (non-hydrogen) atoms. The van der Waals surface area contributed by atoms with Crippen molar-refractivity contribution in [2.75, 3.05) is 5.84 Å². The number of thioether (sulfide) groups is 1. The van der Waals surface area contributed by atoms with Crippen LogP contribution in [0.3, 0.4) is 0 Å². The van der Waals surface area contributed by atoms with Crippen molar-refractivity contribution in [3.63, 3.8) is 0 Å². The van der Waals surface area contributed by atoms with E-state index in [1.54, 1.807) is 18.3 Å². The molecule has 0 amide bonds. The molecule has 0 saturated heterocycles. The normalized spacial score (nSPS) is 11.0. The highest BCUT2D eigenvalue weighted by molar-refractivity contribution is 7.98. The van der Waals surface area contributed by atoms with Gasteiger partial charge in [-0.1, -0.05) is 53.7 Å². The number of nitrogen functional groups attached to an aromatic ring is 1. The summed E-state index contributed by atoms with van der Waals surface area (Å²) in [5.41, 5.74) is 1.84. The number of nitrogens with two attached hydrogens (primary N) is 1. The van der Waals surface area contributed by atoms with E-state index in [9.17, 15) is 0 Å². The summed E-state index contributed by atoms with van der Waals surface area (Å²) >= 11 is 7.32. The predicted molar refractivity (Wildman–Crippen MR) is 102 cm³/mol. The number of hydrogen-bond acceptors (Lipinski definition) is 6. The maximum absolute atomic E-state index is 6.12. The van der Waals surface area contributed by atoms with Crippen LogP contribution < -0.4 is 5.84 Å². The van der Waals surface area contributed by atoms with Crippen LogP contribution in [0.5, 0.6) is 0 Å². The summed E-state index contributed by atoms with van der Waals surface area (Å²) in [6, 6.07) is 17.1. The highest BCUT2D eigenvalue weighted by atomic mass is 35.5. The average Bonchev–Trinajstić information content (AvgIpc) is 3.29. The Hall–Kier alpha value is -2.77. The first kappa shape index (κ1) is 16.7. The molecule has 0 saturated carbocycles.